The molecule has 0 aliphatic rings. The van der Waals surface area contributed by atoms with Crippen LogP contribution in [0.3, 0.4) is 0 Å². The lowest BCUT2D eigenvalue weighted by Crippen LogP contribution is -2.40. The van der Waals surface area contributed by atoms with E-state index in [2.05, 4.69) is 10.6 Å². The molecule has 6 heteroatoms. The summed E-state index contributed by atoms with van der Waals surface area (Å²) in [7, 11) is 0. The second kappa shape index (κ2) is 7.13. The van der Waals surface area contributed by atoms with E-state index >= 15 is 0 Å². The molecule has 19 heavy (non-hydrogen) atoms. The number of carboxylic acid groups (broad SMARTS) is 1. The second-order valence-electron chi connectivity index (χ2n) is 4.76. The number of carbonyl (C=O) groups excluding carboxylic acids is 1. The van der Waals surface area contributed by atoms with Crippen LogP contribution in [0.5, 0.6) is 0 Å². The van der Waals surface area contributed by atoms with E-state index in [4.69, 9.17) is 5.11 Å². The van der Waals surface area contributed by atoms with E-state index in [-0.39, 0.29) is 18.5 Å². The Kier molecular flexibility index (Phi) is 5.82. The van der Waals surface area contributed by atoms with Crippen molar-refractivity contribution in [1.29, 1.82) is 0 Å². The largest absolute Gasteiger partial charge is 0.481 e. The van der Waals surface area contributed by atoms with Crippen LogP contribution in [0.4, 0.5) is 4.79 Å². The van der Waals surface area contributed by atoms with Crippen LogP contribution >= 0.6 is 11.3 Å². The number of urea groups is 1. The Balaban J connectivity index is 2.33. The molecule has 1 aromatic heterocycles. The van der Waals surface area contributed by atoms with Crippen molar-refractivity contribution < 1.29 is 14.7 Å². The van der Waals surface area contributed by atoms with Gasteiger partial charge in [0.25, 0.3) is 0 Å². The first-order valence-corrected chi connectivity index (χ1v) is 7.01. The Morgan fingerprint density at radius 3 is 2.47 bits per heavy atom. The molecule has 3 N–H and O–H groups in total. The van der Waals surface area contributed by atoms with E-state index in [0.717, 1.165) is 4.88 Å². The van der Waals surface area contributed by atoms with Gasteiger partial charge >= 0.3 is 12.0 Å². The average molecular weight is 284 g/mol. The lowest BCUT2D eigenvalue weighted by molar-refractivity contribution is -0.142. The molecule has 1 unspecified atom stereocenters. The van der Waals surface area contributed by atoms with Gasteiger partial charge in [-0.3, -0.25) is 4.79 Å². The van der Waals surface area contributed by atoms with Crippen molar-refractivity contribution in [3.63, 3.8) is 0 Å². The van der Waals surface area contributed by atoms with Crippen LogP contribution in [-0.2, 0) is 11.3 Å². The van der Waals surface area contributed by atoms with Crippen molar-refractivity contribution in [2.24, 2.45) is 11.8 Å². The molecule has 0 fully saturated rings. The van der Waals surface area contributed by atoms with Gasteiger partial charge in [0.1, 0.15) is 0 Å². The van der Waals surface area contributed by atoms with Gasteiger partial charge in [0.15, 0.2) is 0 Å². The number of nitrogens with one attached hydrogen (secondary N) is 2. The zero-order valence-electron chi connectivity index (χ0n) is 11.4. The van der Waals surface area contributed by atoms with Gasteiger partial charge < -0.3 is 15.7 Å². The summed E-state index contributed by atoms with van der Waals surface area (Å²) in [6.07, 6.45) is 0. The van der Waals surface area contributed by atoms with Gasteiger partial charge in [-0.15, -0.1) is 11.3 Å². The number of aryl methyl sites for hydroxylation is 1. The third-order valence-electron chi connectivity index (χ3n) is 2.82. The van der Waals surface area contributed by atoms with Gasteiger partial charge in [0.2, 0.25) is 0 Å². The Morgan fingerprint density at radius 1 is 1.32 bits per heavy atom. The highest BCUT2D eigenvalue weighted by atomic mass is 32.1. The first kappa shape index (κ1) is 15.5. The monoisotopic (exact) mass is 284 g/mol. The number of hydrogen-bond acceptors (Lipinski definition) is 3. The summed E-state index contributed by atoms with van der Waals surface area (Å²) in [5, 5.41) is 14.3. The topological polar surface area (TPSA) is 78.4 Å². The summed E-state index contributed by atoms with van der Waals surface area (Å²) in [5.41, 5.74) is 0. The summed E-state index contributed by atoms with van der Waals surface area (Å²) in [4.78, 5) is 24.8. The van der Waals surface area contributed by atoms with Crippen LogP contribution in [0, 0.1) is 18.8 Å². The van der Waals surface area contributed by atoms with Crippen molar-refractivity contribution in [3.8, 4) is 0 Å². The minimum Gasteiger partial charge on any atom is -0.481 e. The zero-order chi connectivity index (χ0) is 14.4. The highest BCUT2D eigenvalue weighted by Crippen LogP contribution is 2.14. The predicted molar refractivity (Wildman–Crippen MR) is 75.3 cm³/mol. The molecule has 0 spiro atoms. The Labute approximate surface area is 117 Å². The molecule has 0 aliphatic carbocycles. The van der Waals surface area contributed by atoms with Crippen LogP contribution in [0.25, 0.3) is 0 Å². The minimum atomic E-state index is -0.885. The summed E-state index contributed by atoms with van der Waals surface area (Å²) >= 11 is 1.63. The van der Waals surface area contributed by atoms with Gasteiger partial charge in [-0.05, 0) is 25.0 Å². The summed E-state index contributed by atoms with van der Waals surface area (Å²) in [6, 6.07) is 3.63. The molecule has 0 saturated carbocycles. The van der Waals surface area contributed by atoms with Gasteiger partial charge in [0, 0.05) is 16.3 Å². The van der Waals surface area contributed by atoms with E-state index in [1.54, 1.807) is 11.3 Å². The normalized spacial score (nSPS) is 12.2. The van der Waals surface area contributed by atoms with Crippen molar-refractivity contribution in [1.82, 2.24) is 10.6 Å². The van der Waals surface area contributed by atoms with Crippen molar-refractivity contribution in [2.45, 2.75) is 27.3 Å². The lowest BCUT2D eigenvalue weighted by atomic mass is 9.96. The Morgan fingerprint density at radius 2 is 2.00 bits per heavy atom. The molecule has 0 radical (unpaired) electrons. The molecule has 2 amide bonds. The quantitative estimate of drug-likeness (QED) is 0.749. The van der Waals surface area contributed by atoms with Crippen LogP contribution in [0.15, 0.2) is 12.1 Å². The molecule has 5 nitrogen and oxygen atoms in total. The molecular weight excluding hydrogens is 264 g/mol. The van der Waals surface area contributed by atoms with Gasteiger partial charge in [0.05, 0.1) is 12.5 Å². The van der Waals surface area contributed by atoms with Crippen LogP contribution in [0.2, 0.25) is 0 Å². The highest BCUT2D eigenvalue weighted by molar-refractivity contribution is 7.11. The van der Waals surface area contributed by atoms with Gasteiger partial charge in [-0.2, -0.15) is 0 Å². The molecule has 0 aromatic carbocycles. The molecule has 0 aliphatic heterocycles. The van der Waals surface area contributed by atoms with Crippen molar-refractivity contribution >= 4 is 23.3 Å². The predicted octanol–water partition coefficient (Wildman–Crippen LogP) is 2.21. The fraction of sp³-hybridized carbons (Fsp3) is 0.538. The van der Waals surface area contributed by atoms with Crippen LogP contribution < -0.4 is 10.6 Å². The maximum atomic E-state index is 11.6. The van der Waals surface area contributed by atoms with E-state index in [9.17, 15) is 9.59 Å². The number of aliphatic carboxylic acids is 1. The molecule has 1 heterocycles. The maximum absolute atomic E-state index is 11.6. The number of rotatable bonds is 6. The SMILES string of the molecule is Cc1ccc(CNC(=O)NCC(C(=O)O)C(C)C)s1. The first-order chi connectivity index (χ1) is 8.90. The molecule has 0 bridgehead atoms. The third-order valence-corrected chi connectivity index (χ3v) is 3.82. The van der Waals surface area contributed by atoms with Crippen molar-refractivity contribution in [2.75, 3.05) is 6.54 Å². The maximum Gasteiger partial charge on any atom is 0.315 e. The Hall–Kier alpha value is -1.56. The molecule has 1 rings (SSSR count). The third kappa shape index (κ3) is 5.30. The Bertz CT molecular complexity index is 443. The number of hydrogen-bond donors (Lipinski definition) is 3. The van der Waals surface area contributed by atoms with Crippen molar-refractivity contribution in [3.05, 3.63) is 21.9 Å². The number of carboxylic acids is 1. The average Bonchev–Trinajstić information content (AvgIpc) is 2.71. The zero-order valence-corrected chi connectivity index (χ0v) is 12.2. The highest BCUT2D eigenvalue weighted by Gasteiger charge is 2.21. The first-order valence-electron chi connectivity index (χ1n) is 6.20. The van der Waals surface area contributed by atoms with E-state index in [1.165, 1.54) is 4.88 Å². The summed E-state index contributed by atoms with van der Waals surface area (Å²) < 4.78 is 0. The standard InChI is InChI=1S/C13H20N2O3S/c1-8(2)11(12(16)17)7-15-13(18)14-6-10-5-4-9(3)19-10/h4-5,8,11H,6-7H2,1-3H3,(H,16,17)(H2,14,15,18). The molecule has 1 atom stereocenters. The lowest BCUT2D eigenvalue weighted by Gasteiger charge is -2.16. The number of carbonyl (C=O) groups is 2. The fourth-order valence-electron chi connectivity index (χ4n) is 1.62. The molecular formula is C13H20N2O3S. The van der Waals surface area contributed by atoms with Gasteiger partial charge in [-0.25, -0.2) is 4.79 Å². The van der Waals surface area contributed by atoms with E-state index < -0.39 is 11.9 Å². The number of thiophene rings is 1. The van der Waals surface area contributed by atoms with Crippen LogP contribution in [-0.4, -0.2) is 23.7 Å². The molecule has 0 saturated heterocycles. The number of amides is 2. The smallest absolute Gasteiger partial charge is 0.315 e. The van der Waals surface area contributed by atoms with E-state index in [1.807, 2.05) is 32.9 Å². The fourth-order valence-corrected chi connectivity index (χ4v) is 2.45. The van der Waals surface area contributed by atoms with Gasteiger partial charge in [-0.1, -0.05) is 13.8 Å². The minimum absolute atomic E-state index is 0.0160. The summed E-state index contributed by atoms with van der Waals surface area (Å²) in [5.74, 6) is -1.46. The van der Waals surface area contributed by atoms with Crippen LogP contribution in [0.1, 0.15) is 23.6 Å². The molecule has 1 aromatic rings. The molecule has 106 valence electrons. The summed E-state index contributed by atoms with van der Waals surface area (Å²) in [6.45, 7) is 6.26. The van der Waals surface area contributed by atoms with E-state index in [0.29, 0.717) is 6.54 Å². The second-order valence-corrected chi connectivity index (χ2v) is 6.14.